The van der Waals surface area contributed by atoms with Gasteiger partial charge >= 0.3 is 6.09 Å². The molecule has 0 spiro atoms. The Hall–Kier alpha value is -1.75. The fraction of sp³-hybridized carbons (Fsp3) is 0.588. The third-order valence-corrected chi connectivity index (χ3v) is 3.33. The molecule has 0 aliphatic carbocycles. The van der Waals surface area contributed by atoms with Crippen LogP contribution in [0.15, 0.2) is 12.1 Å². The van der Waals surface area contributed by atoms with Crippen molar-refractivity contribution < 1.29 is 14.3 Å². The van der Waals surface area contributed by atoms with Gasteiger partial charge in [-0.05, 0) is 51.3 Å². The molecule has 5 nitrogen and oxygen atoms in total. The van der Waals surface area contributed by atoms with Crippen molar-refractivity contribution in [2.75, 3.05) is 20.2 Å². The Morgan fingerprint density at radius 3 is 2.23 bits per heavy atom. The van der Waals surface area contributed by atoms with E-state index in [1.807, 2.05) is 34.6 Å². The van der Waals surface area contributed by atoms with Crippen molar-refractivity contribution in [2.45, 2.75) is 46.1 Å². The molecule has 22 heavy (non-hydrogen) atoms. The molecule has 0 fully saturated rings. The lowest BCUT2D eigenvalue weighted by Gasteiger charge is -2.22. The molecule has 1 aromatic rings. The molecule has 1 unspecified atom stereocenters. The van der Waals surface area contributed by atoms with E-state index >= 15 is 0 Å². The number of aryl methyl sites for hydroxylation is 2. The van der Waals surface area contributed by atoms with E-state index < -0.39 is 11.7 Å². The molecule has 0 radical (unpaired) electrons. The minimum Gasteiger partial charge on any atom is -0.496 e. The highest BCUT2D eigenvalue weighted by molar-refractivity contribution is 5.67. The third-order valence-electron chi connectivity index (χ3n) is 3.33. The van der Waals surface area contributed by atoms with Crippen LogP contribution in [0.4, 0.5) is 4.79 Å². The minimum atomic E-state index is -0.504. The SMILES string of the molecule is COc1c(C)cc(C(CN)CNC(=O)OC(C)(C)C)cc1C. The van der Waals surface area contributed by atoms with Crippen molar-refractivity contribution in [1.29, 1.82) is 0 Å². The zero-order valence-electron chi connectivity index (χ0n) is 14.4. The summed E-state index contributed by atoms with van der Waals surface area (Å²) in [4.78, 5) is 11.8. The van der Waals surface area contributed by atoms with Crippen LogP contribution in [0.1, 0.15) is 43.4 Å². The van der Waals surface area contributed by atoms with Gasteiger partial charge in [-0.15, -0.1) is 0 Å². The van der Waals surface area contributed by atoms with Crippen molar-refractivity contribution in [3.63, 3.8) is 0 Å². The van der Waals surface area contributed by atoms with Gasteiger partial charge in [0.25, 0.3) is 0 Å². The molecule has 0 aromatic heterocycles. The Morgan fingerprint density at radius 1 is 1.27 bits per heavy atom. The molecule has 0 heterocycles. The number of methoxy groups -OCH3 is 1. The molecular formula is C17H28N2O3. The fourth-order valence-corrected chi connectivity index (χ4v) is 2.40. The number of benzene rings is 1. The number of hydrogen-bond donors (Lipinski definition) is 2. The first-order chi connectivity index (χ1) is 10.2. The topological polar surface area (TPSA) is 73.6 Å². The van der Waals surface area contributed by atoms with E-state index in [4.69, 9.17) is 15.2 Å². The van der Waals surface area contributed by atoms with Crippen molar-refractivity contribution >= 4 is 6.09 Å². The number of amides is 1. The molecule has 0 aliphatic heterocycles. The van der Waals surface area contributed by atoms with Crippen LogP contribution in [-0.4, -0.2) is 31.9 Å². The van der Waals surface area contributed by atoms with Crippen LogP contribution in [0.2, 0.25) is 0 Å². The first-order valence-electron chi connectivity index (χ1n) is 7.50. The summed E-state index contributed by atoms with van der Waals surface area (Å²) in [5.41, 5.74) is 8.58. The number of carbonyl (C=O) groups is 1. The minimum absolute atomic E-state index is 0.0378. The largest absolute Gasteiger partial charge is 0.496 e. The summed E-state index contributed by atoms with van der Waals surface area (Å²) in [6.45, 7) is 10.4. The highest BCUT2D eigenvalue weighted by Crippen LogP contribution is 2.27. The van der Waals surface area contributed by atoms with Gasteiger partial charge in [0.15, 0.2) is 0 Å². The van der Waals surface area contributed by atoms with Crippen molar-refractivity contribution in [2.24, 2.45) is 5.73 Å². The molecule has 1 aromatic carbocycles. The Kier molecular flexibility index (Phi) is 6.23. The van der Waals surface area contributed by atoms with Gasteiger partial charge in [-0.2, -0.15) is 0 Å². The number of carbonyl (C=O) groups excluding carboxylic acids is 1. The molecule has 0 aliphatic rings. The maximum Gasteiger partial charge on any atom is 0.407 e. The second-order valence-corrected chi connectivity index (χ2v) is 6.50. The number of nitrogens with two attached hydrogens (primary N) is 1. The molecule has 5 heteroatoms. The lowest BCUT2D eigenvalue weighted by Crippen LogP contribution is -2.36. The van der Waals surface area contributed by atoms with Crippen LogP contribution in [0.25, 0.3) is 0 Å². The summed E-state index contributed by atoms with van der Waals surface area (Å²) in [5, 5.41) is 2.78. The fourth-order valence-electron chi connectivity index (χ4n) is 2.40. The second-order valence-electron chi connectivity index (χ2n) is 6.50. The van der Waals surface area contributed by atoms with Crippen molar-refractivity contribution in [1.82, 2.24) is 5.32 Å². The Morgan fingerprint density at radius 2 is 1.82 bits per heavy atom. The number of hydrogen-bond acceptors (Lipinski definition) is 4. The predicted octanol–water partition coefficient (Wildman–Crippen LogP) is 2.88. The molecule has 124 valence electrons. The average Bonchev–Trinajstić information content (AvgIpc) is 2.37. The number of alkyl carbamates (subject to hydrolysis) is 1. The number of nitrogens with one attached hydrogen (secondary N) is 1. The summed E-state index contributed by atoms with van der Waals surface area (Å²) in [5.74, 6) is 0.926. The summed E-state index contributed by atoms with van der Waals surface area (Å²) < 4.78 is 10.6. The summed E-state index contributed by atoms with van der Waals surface area (Å²) in [6.07, 6.45) is -0.423. The van der Waals surface area contributed by atoms with Crippen LogP contribution in [0.3, 0.4) is 0 Å². The van der Waals surface area contributed by atoms with Crippen LogP contribution in [0, 0.1) is 13.8 Å². The van der Waals surface area contributed by atoms with E-state index in [9.17, 15) is 4.79 Å². The second kappa shape index (κ2) is 7.49. The Bertz CT molecular complexity index is 498. The van der Waals surface area contributed by atoms with Crippen molar-refractivity contribution in [3.8, 4) is 5.75 Å². The van der Waals surface area contributed by atoms with Crippen molar-refractivity contribution in [3.05, 3.63) is 28.8 Å². The first kappa shape index (κ1) is 18.3. The highest BCUT2D eigenvalue weighted by Gasteiger charge is 2.18. The van der Waals surface area contributed by atoms with E-state index in [1.54, 1.807) is 7.11 Å². The average molecular weight is 308 g/mol. The number of ether oxygens (including phenoxy) is 2. The number of rotatable bonds is 5. The highest BCUT2D eigenvalue weighted by atomic mass is 16.6. The molecule has 0 bridgehead atoms. The monoisotopic (exact) mass is 308 g/mol. The van der Waals surface area contributed by atoms with Gasteiger partial charge in [-0.3, -0.25) is 0 Å². The summed E-state index contributed by atoms with van der Waals surface area (Å²) in [6, 6.07) is 4.11. The van der Waals surface area contributed by atoms with Crippen LogP contribution in [-0.2, 0) is 4.74 Å². The summed E-state index contributed by atoms with van der Waals surface area (Å²) in [7, 11) is 1.67. The van der Waals surface area contributed by atoms with E-state index in [0.717, 1.165) is 22.4 Å². The summed E-state index contributed by atoms with van der Waals surface area (Å²) >= 11 is 0. The molecule has 1 rings (SSSR count). The van der Waals surface area contributed by atoms with E-state index in [1.165, 1.54) is 0 Å². The molecule has 1 amide bonds. The molecule has 1 atom stereocenters. The quantitative estimate of drug-likeness (QED) is 0.877. The van der Waals surface area contributed by atoms with Gasteiger partial charge in [-0.1, -0.05) is 12.1 Å². The van der Waals surface area contributed by atoms with Gasteiger partial charge in [0.1, 0.15) is 11.4 Å². The Balaban J connectivity index is 2.79. The van der Waals surface area contributed by atoms with Gasteiger partial charge in [0.2, 0.25) is 0 Å². The lowest BCUT2D eigenvalue weighted by molar-refractivity contribution is 0.0525. The van der Waals surface area contributed by atoms with Gasteiger partial charge in [-0.25, -0.2) is 4.79 Å². The van der Waals surface area contributed by atoms with Crippen LogP contribution >= 0.6 is 0 Å². The van der Waals surface area contributed by atoms with E-state index in [-0.39, 0.29) is 5.92 Å². The molecular weight excluding hydrogens is 280 g/mol. The maximum absolute atomic E-state index is 11.8. The molecule has 3 N–H and O–H groups in total. The van der Waals surface area contributed by atoms with E-state index in [2.05, 4.69) is 17.4 Å². The normalized spacial score (nSPS) is 12.7. The first-order valence-corrected chi connectivity index (χ1v) is 7.50. The van der Waals surface area contributed by atoms with Gasteiger partial charge in [0.05, 0.1) is 7.11 Å². The maximum atomic E-state index is 11.8. The third kappa shape index (κ3) is 5.22. The smallest absolute Gasteiger partial charge is 0.407 e. The molecule has 0 saturated heterocycles. The Labute approximate surface area is 133 Å². The zero-order chi connectivity index (χ0) is 16.9. The standard InChI is InChI=1S/C17H28N2O3/c1-11-7-13(8-12(2)15(11)21-6)14(9-18)10-19-16(20)22-17(3,4)5/h7-8,14H,9-10,18H2,1-6H3,(H,19,20). The zero-order valence-corrected chi connectivity index (χ0v) is 14.4. The van der Waals surface area contributed by atoms with Gasteiger partial charge < -0.3 is 20.5 Å². The van der Waals surface area contributed by atoms with Crippen LogP contribution in [0.5, 0.6) is 5.75 Å². The van der Waals surface area contributed by atoms with Gasteiger partial charge in [0, 0.05) is 19.0 Å². The van der Waals surface area contributed by atoms with E-state index in [0.29, 0.717) is 13.1 Å². The van der Waals surface area contributed by atoms with Crippen LogP contribution < -0.4 is 15.8 Å². The predicted molar refractivity (Wildman–Crippen MR) is 88.5 cm³/mol. The molecule has 0 saturated carbocycles. The lowest BCUT2D eigenvalue weighted by atomic mass is 9.95.